The van der Waals surface area contributed by atoms with Crippen LogP contribution in [0.4, 0.5) is 22.7 Å². The van der Waals surface area contributed by atoms with Crippen molar-refractivity contribution in [3.8, 4) is 55.6 Å². The van der Waals surface area contributed by atoms with Gasteiger partial charge in [0.1, 0.15) is 0 Å². The quantitative estimate of drug-likeness (QED) is 0.119. The molecule has 14 rings (SSSR count). The van der Waals surface area contributed by atoms with Crippen molar-refractivity contribution in [1.29, 1.82) is 0 Å². The number of benzene rings is 11. The lowest BCUT2D eigenvalue weighted by Crippen LogP contribution is -2.32. The first-order valence-corrected chi connectivity index (χ1v) is 28.5. The number of fused-ring (bicyclic) bond motifs is 12. The monoisotopic (exact) mass is 1040 g/mol. The van der Waals surface area contributed by atoms with Gasteiger partial charge in [-0.1, -0.05) is 263 Å². The normalized spacial score (nSPS) is 15.1. The SMILES string of the molecule is C=C/C=C\C=C(/c1ccccc1)N(c1ccc(-c2cccc3c2Sc2ccccc2C32c3ccccc3-c3cccc(-c4ccc(N(C)c5ccccc5-c5ccccc5)cc4)c32)cc1)c1ccc2c(c1)C(C)(C)c1ccccc1-2. The predicted octanol–water partition coefficient (Wildman–Crippen LogP) is 20.5. The van der Waals surface area contributed by atoms with Crippen LogP contribution >= 0.6 is 11.8 Å². The topological polar surface area (TPSA) is 6.48 Å². The zero-order valence-electron chi connectivity index (χ0n) is 45.1. The van der Waals surface area contributed by atoms with Crippen LogP contribution in [0.3, 0.4) is 0 Å². The molecule has 0 amide bonds. The van der Waals surface area contributed by atoms with Gasteiger partial charge in [-0.15, -0.1) is 0 Å². The fourth-order valence-corrected chi connectivity index (χ4v) is 14.6. The Hall–Kier alpha value is -9.41. The lowest BCUT2D eigenvalue weighted by molar-refractivity contribution is 0.660. The molecule has 2 nitrogen and oxygen atoms in total. The van der Waals surface area contributed by atoms with E-state index >= 15 is 0 Å². The molecule has 1 heterocycles. The molecule has 0 saturated heterocycles. The van der Waals surface area contributed by atoms with Crippen LogP contribution in [-0.4, -0.2) is 7.05 Å². The van der Waals surface area contributed by atoms with Crippen LogP contribution in [0.1, 0.15) is 52.8 Å². The zero-order chi connectivity index (χ0) is 54.0. The van der Waals surface area contributed by atoms with Gasteiger partial charge in [0.2, 0.25) is 0 Å². The fourth-order valence-electron chi connectivity index (χ4n) is 13.3. The highest BCUT2D eigenvalue weighted by molar-refractivity contribution is 7.99. The molecule has 2 aliphatic carbocycles. The summed E-state index contributed by atoms with van der Waals surface area (Å²) < 4.78 is 0. The third-order valence-electron chi connectivity index (χ3n) is 17.0. The number of hydrogen-bond donors (Lipinski definition) is 0. The summed E-state index contributed by atoms with van der Waals surface area (Å²) in [6, 6.07) is 96.8. The molecule has 382 valence electrons. The molecule has 11 aromatic carbocycles. The molecule has 1 atom stereocenters. The molecule has 1 spiro atoms. The first-order valence-electron chi connectivity index (χ1n) is 27.7. The molecule has 3 aliphatic rings. The van der Waals surface area contributed by atoms with E-state index in [-0.39, 0.29) is 5.41 Å². The summed E-state index contributed by atoms with van der Waals surface area (Å²) in [6.07, 6.45) is 8.14. The highest BCUT2D eigenvalue weighted by Crippen LogP contribution is 2.65. The molecule has 0 saturated carbocycles. The number of rotatable bonds is 11. The predicted molar refractivity (Wildman–Crippen MR) is 339 cm³/mol. The van der Waals surface area contributed by atoms with E-state index in [9.17, 15) is 0 Å². The van der Waals surface area contributed by atoms with Gasteiger partial charge in [-0.25, -0.2) is 0 Å². The minimum absolute atomic E-state index is 0.157. The van der Waals surface area contributed by atoms with E-state index < -0.39 is 5.41 Å². The Labute approximate surface area is 475 Å². The number of hydrogen-bond acceptors (Lipinski definition) is 3. The third kappa shape index (κ3) is 7.79. The summed E-state index contributed by atoms with van der Waals surface area (Å²) in [5.41, 5.74) is 26.3. The largest absolute Gasteiger partial charge is 0.344 e. The Balaban J connectivity index is 0.903. The van der Waals surface area contributed by atoms with Crippen LogP contribution < -0.4 is 9.80 Å². The molecular weight excluding hydrogens is 985 g/mol. The second kappa shape index (κ2) is 19.8. The maximum atomic E-state index is 4.01. The highest BCUT2D eigenvalue weighted by Gasteiger charge is 2.52. The Kier molecular flexibility index (Phi) is 12.1. The highest BCUT2D eigenvalue weighted by atomic mass is 32.2. The Bertz CT molecular complexity index is 4260. The number of allylic oxidation sites excluding steroid dienone is 4. The molecule has 0 aromatic heterocycles. The number of anilines is 4. The Morgan fingerprint density at radius 3 is 1.69 bits per heavy atom. The number of para-hydroxylation sites is 1. The van der Waals surface area contributed by atoms with Gasteiger partial charge in [0, 0.05) is 50.6 Å². The molecular formula is C77H58N2S. The van der Waals surface area contributed by atoms with Gasteiger partial charge < -0.3 is 9.80 Å². The van der Waals surface area contributed by atoms with Crippen LogP contribution in [0, 0.1) is 0 Å². The molecule has 3 heteroatoms. The first kappa shape index (κ1) is 48.9. The van der Waals surface area contributed by atoms with E-state index in [1.165, 1.54) is 98.8 Å². The van der Waals surface area contributed by atoms with Crippen molar-refractivity contribution in [3.63, 3.8) is 0 Å². The first-order chi connectivity index (χ1) is 39.3. The van der Waals surface area contributed by atoms with Crippen LogP contribution in [0.2, 0.25) is 0 Å². The van der Waals surface area contributed by atoms with Crippen molar-refractivity contribution in [1.82, 2.24) is 0 Å². The minimum atomic E-state index is -0.591. The smallest absolute Gasteiger partial charge is 0.0741 e. The average molecular weight is 1040 g/mol. The average Bonchev–Trinajstić information content (AvgIpc) is 4.12. The van der Waals surface area contributed by atoms with Gasteiger partial charge in [-0.3, -0.25) is 0 Å². The molecule has 80 heavy (non-hydrogen) atoms. The minimum Gasteiger partial charge on any atom is -0.344 e. The van der Waals surface area contributed by atoms with Crippen molar-refractivity contribution in [2.24, 2.45) is 0 Å². The Morgan fingerprint density at radius 2 is 0.938 bits per heavy atom. The van der Waals surface area contributed by atoms with Crippen LogP contribution in [0.5, 0.6) is 0 Å². The standard InChI is InChI=1S/C77H58N2S/c1-5-6-9-38-71(55-26-12-8-13-27-55)79(58-49-50-64-62-29-14-17-34-66(62)76(2,3)70(64)51-58)57-47-43-54(44-48-57)61-32-23-37-69-75(61)80-73-40-21-19-36-68(73)77(69)67-35-18-15-30-63(67)65-33-22-31-60(74(65)77)53-41-45-56(46-42-53)78(4)72-39-20-16-28-59(72)52-24-10-7-11-25-52/h5-51H,1H2,2-4H3/b9-6-,71-38+. The summed E-state index contributed by atoms with van der Waals surface area (Å²) in [7, 11) is 2.17. The van der Waals surface area contributed by atoms with Crippen molar-refractivity contribution in [2.75, 3.05) is 16.8 Å². The van der Waals surface area contributed by atoms with Crippen LogP contribution in [0.25, 0.3) is 61.3 Å². The van der Waals surface area contributed by atoms with E-state index in [4.69, 9.17) is 0 Å². The van der Waals surface area contributed by atoms with E-state index in [0.717, 1.165) is 34.0 Å². The van der Waals surface area contributed by atoms with Crippen LogP contribution in [-0.2, 0) is 10.8 Å². The lowest BCUT2D eigenvalue weighted by Gasteiger charge is -2.41. The van der Waals surface area contributed by atoms with Gasteiger partial charge >= 0.3 is 0 Å². The second-order valence-electron chi connectivity index (χ2n) is 21.6. The summed E-state index contributed by atoms with van der Waals surface area (Å²) in [4.78, 5) is 7.29. The van der Waals surface area contributed by atoms with Gasteiger partial charge in [0.05, 0.1) is 11.1 Å². The van der Waals surface area contributed by atoms with Crippen molar-refractivity contribution in [3.05, 3.63) is 331 Å². The van der Waals surface area contributed by atoms with Gasteiger partial charge in [-0.05, 0) is 144 Å². The molecule has 0 N–H and O–H groups in total. The molecule has 0 bridgehead atoms. The second-order valence-corrected chi connectivity index (χ2v) is 22.7. The van der Waals surface area contributed by atoms with Crippen LogP contribution in [0.15, 0.2) is 302 Å². The molecule has 11 aromatic rings. The fraction of sp³-hybridized carbons (Fsp3) is 0.0649. The van der Waals surface area contributed by atoms with E-state index in [1.807, 2.05) is 23.9 Å². The van der Waals surface area contributed by atoms with E-state index in [0.29, 0.717) is 0 Å². The summed E-state index contributed by atoms with van der Waals surface area (Å²) in [5.74, 6) is 0. The maximum absolute atomic E-state index is 4.01. The van der Waals surface area contributed by atoms with Crippen molar-refractivity contribution < 1.29 is 0 Å². The van der Waals surface area contributed by atoms with E-state index in [2.05, 4.69) is 310 Å². The van der Waals surface area contributed by atoms with Gasteiger partial charge in [-0.2, -0.15) is 0 Å². The molecule has 0 fully saturated rings. The van der Waals surface area contributed by atoms with Crippen molar-refractivity contribution in [2.45, 2.75) is 34.5 Å². The lowest BCUT2D eigenvalue weighted by atomic mass is 9.65. The third-order valence-corrected chi connectivity index (χ3v) is 18.2. The van der Waals surface area contributed by atoms with E-state index in [1.54, 1.807) is 0 Å². The molecule has 1 unspecified atom stereocenters. The maximum Gasteiger partial charge on any atom is 0.0741 e. The Morgan fingerprint density at radius 1 is 0.412 bits per heavy atom. The van der Waals surface area contributed by atoms with Crippen molar-refractivity contribution >= 4 is 40.2 Å². The molecule has 1 aliphatic heterocycles. The van der Waals surface area contributed by atoms with Gasteiger partial charge in [0.15, 0.2) is 0 Å². The zero-order valence-corrected chi connectivity index (χ0v) is 46.0. The summed E-state index contributed by atoms with van der Waals surface area (Å²) in [6.45, 7) is 8.72. The number of nitrogens with zero attached hydrogens (tertiary/aromatic N) is 2. The van der Waals surface area contributed by atoms with Gasteiger partial charge in [0.25, 0.3) is 0 Å². The molecule has 0 radical (unpaired) electrons. The summed E-state index contributed by atoms with van der Waals surface area (Å²) >= 11 is 1.90. The summed E-state index contributed by atoms with van der Waals surface area (Å²) in [5, 5.41) is 0.